The van der Waals surface area contributed by atoms with Crippen LogP contribution in [0.3, 0.4) is 0 Å². The molecule has 112 valence electrons. The van der Waals surface area contributed by atoms with Crippen molar-refractivity contribution in [3.63, 3.8) is 0 Å². The van der Waals surface area contributed by atoms with Gasteiger partial charge in [0, 0.05) is 12.1 Å². The molecule has 0 aromatic heterocycles. The Hall–Kier alpha value is -1.34. The Morgan fingerprint density at radius 1 is 1.14 bits per heavy atom. The summed E-state index contributed by atoms with van der Waals surface area (Å²) < 4.78 is 40.3. The van der Waals surface area contributed by atoms with E-state index < -0.39 is 15.8 Å². The average molecular weight is 349 g/mol. The predicted octanol–water partition coefficient (Wildman–Crippen LogP) is 3.39. The first-order valence-corrected chi connectivity index (χ1v) is 8.04. The molecule has 0 aliphatic carbocycles. The molecule has 0 aliphatic heterocycles. The molecule has 0 saturated carbocycles. The zero-order chi connectivity index (χ0) is 15.6. The molecule has 3 N–H and O–H groups in total. The summed E-state index contributed by atoms with van der Waals surface area (Å²) in [5.74, 6) is -0.563. The molecule has 0 saturated heterocycles. The van der Waals surface area contributed by atoms with E-state index in [9.17, 15) is 12.8 Å². The molecule has 21 heavy (non-hydrogen) atoms. The lowest BCUT2D eigenvalue weighted by molar-refractivity contribution is 0.596. The van der Waals surface area contributed by atoms with Crippen molar-refractivity contribution in [1.29, 1.82) is 0 Å². The summed E-state index contributed by atoms with van der Waals surface area (Å²) in [6.45, 7) is -0.109. The van der Waals surface area contributed by atoms with Gasteiger partial charge in [0.05, 0.1) is 20.6 Å². The van der Waals surface area contributed by atoms with Crippen LogP contribution in [0.5, 0.6) is 0 Å². The van der Waals surface area contributed by atoms with Crippen LogP contribution in [0.1, 0.15) is 5.56 Å². The van der Waals surface area contributed by atoms with Gasteiger partial charge in [-0.2, -0.15) is 0 Å². The Morgan fingerprint density at radius 3 is 2.33 bits per heavy atom. The lowest BCUT2D eigenvalue weighted by Crippen LogP contribution is -2.14. The van der Waals surface area contributed by atoms with E-state index in [1.54, 1.807) is 6.07 Å². The van der Waals surface area contributed by atoms with Crippen LogP contribution in [0.2, 0.25) is 10.0 Å². The van der Waals surface area contributed by atoms with Crippen molar-refractivity contribution in [2.24, 2.45) is 5.73 Å². The number of anilines is 1. The van der Waals surface area contributed by atoms with E-state index >= 15 is 0 Å². The summed E-state index contributed by atoms with van der Waals surface area (Å²) >= 11 is 11.8. The number of rotatable bonds is 4. The van der Waals surface area contributed by atoms with Gasteiger partial charge in [0.1, 0.15) is 5.82 Å². The second kappa shape index (κ2) is 6.19. The molecule has 0 unspecified atom stereocenters. The fourth-order valence-electron chi connectivity index (χ4n) is 1.66. The van der Waals surface area contributed by atoms with Crippen molar-refractivity contribution in [3.8, 4) is 0 Å². The van der Waals surface area contributed by atoms with E-state index in [4.69, 9.17) is 28.9 Å². The van der Waals surface area contributed by atoms with E-state index in [-0.39, 0.29) is 32.7 Å². The monoisotopic (exact) mass is 348 g/mol. The standard InChI is InChI=1S/C13H11Cl2FN2O2S/c14-10-2-1-3-11(15)13(10)18-21(19,20)9-4-5-12(16)8(6-9)7-17/h1-6,18H,7,17H2. The Kier molecular flexibility index (Phi) is 4.73. The third kappa shape index (κ3) is 3.47. The highest BCUT2D eigenvalue weighted by Crippen LogP contribution is 2.32. The molecule has 2 rings (SSSR count). The number of para-hydroxylation sites is 1. The zero-order valence-corrected chi connectivity index (χ0v) is 12.9. The number of halogens is 3. The molecule has 0 amide bonds. The first-order valence-electron chi connectivity index (χ1n) is 5.80. The van der Waals surface area contributed by atoms with Crippen molar-refractivity contribution in [2.75, 3.05) is 4.72 Å². The molecule has 0 atom stereocenters. The Bertz CT molecular complexity index is 761. The Morgan fingerprint density at radius 2 is 1.76 bits per heavy atom. The number of hydrogen-bond acceptors (Lipinski definition) is 3. The van der Waals surface area contributed by atoms with Gasteiger partial charge in [-0.3, -0.25) is 4.72 Å². The molecule has 0 radical (unpaired) electrons. The molecule has 2 aromatic carbocycles. The molecule has 8 heteroatoms. The zero-order valence-electron chi connectivity index (χ0n) is 10.6. The molecular formula is C13H11Cl2FN2O2S. The van der Waals surface area contributed by atoms with E-state index in [0.717, 1.165) is 12.1 Å². The Balaban J connectivity index is 2.44. The van der Waals surface area contributed by atoms with Gasteiger partial charge in [-0.1, -0.05) is 29.3 Å². The number of sulfonamides is 1. The topological polar surface area (TPSA) is 72.2 Å². The van der Waals surface area contributed by atoms with Gasteiger partial charge in [0.25, 0.3) is 10.0 Å². The molecule has 0 spiro atoms. The molecule has 0 heterocycles. The highest BCUT2D eigenvalue weighted by atomic mass is 35.5. The second-order valence-corrected chi connectivity index (χ2v) is 6.66. The fraction of sp³-hybridized carbons (Fsp3) is 0.0769. The smallest absolute Gasteiger partial charge is 0.262 e. The summed E-state index contributed by atoms with van der Waals surface area (Å²) in [5.41, 5.74) is 5.54. The van der Waals surface area contributed by atoms with Gasteiger partial charge >= 0.3 is 0 Å². The number of nitrogens with one attached hydrogen (secondary N) is 1. The summed E-state index contributed by atoms with van der Waals surface area (Å²) in [4.78, 5) is -0.125. The van der Waals surface area contributed by atoms with Crippen LogP contribution in [-0.4, -0.2) is 8.42 Å². The van der Waals surface area contributed by atoms with Crippen LogP contribution in [0.15, 0.2) is 41.3 Å². The average Bonchev–Trinajstić information content (AvgIpc) is 2.43. The SMILES string of the molecule is NCc1cc(S(=O)(=O)Nc2c(Cl)cccc2Cl)ccc1F. The maximum Gasteiger partial charge on any atom is 0.262 e. The van der Waals surface area contributed by atoms with Crippen molar-refractivity contribution in [1.82, 2.24) is 0 Å². The first kappa shape index (κ1) is 16.0. The van der Waals surface area contributed by atoms with Gasteiger partial charge in [0.15, 0.2) is 0 Å². The molecule has 4 nitrogen and oxygen atoms in total. The lowest BCUT2D eigenvalue weighted by atomic mass is 10.2. The van der Waals surface area contributed by atoms with Crippen molar-refractivity contribution >= 4 is 38.9 Å². The van der Waals surface area contributed by atoms with Gasteiger partial charge in [-0.25, -0.2) is 12.8 Å². The van der Waals surface area contributed by atoms with Crippen molar-refractivity contribution in [3.05, 3.63) is 57.8 Å². The molecule has 2 aromatic rings. The second-order valence-electron chi connectivity index (χ2n) is 4.16. The fourth-order valence-corrected chi connectivity index (χ4v) is 3.42. The number of hydrogen-bond donors (Lipinski definition) is 2. The molecule has 0 aliphatic rings. The molecule has 0 fully saturated rings. The van der Waals surface area contributed by atoms with Gasteiger partial charge in [-0.05, 0) is 30.3 Å². The normalized spacial score (nSPS) is 11.4. The first-order chi connectivity index (χ1) is 9.85. The summed E-state index contributed by atoms with van der Waals surface area (Å²) in [6.07, 6.45) is 0. The molecule has 0 bridgehead atoms. The van der Waals surface area contributed by atoms with Crippen LogP contribution in [-0.2, 0) is 16.6 Å². The predicted molar refractivity (Wildman–Crippen MR) is 81.6 cm³/mol. The van der Waals surface area contributed by atoms with Crippen LogP contribution in [0.25, 0.3) is 0 Å². The third-order valence-corrected chi connectivity index (χ3v) is 4.72. The van der Waals surface area contributed by atoms with E-state index in [0.29, 0.717) is 0 Å². The summed E-state index contributed by atoms with van der Waals surface area (Å²) in [5, 5.41) is 0.319. The van der Waals surface area contributed by atoms with Crippen LogP contribution >= 0.6 is 23.2 Å². The summed E-state index contributed by atoms with van der Waals surface area (Å²) in [6, 6.07) is 7.95. The minimum Gasteiger partial charge on any atom is -0.326 e. The maximum absolute atomic E-state index is 13.4. The maximum atomic E-state index is 13.4. The molecular weight excluding hydrogens is 338 g/mol. The largest absolute Gasteiger partial charge is 0.326 e. The van der Waals surface area contributed by atoms with Gasteiger partial charge in [-0.15, -0.1) is 0 Å². The minimum atomic E-state index is -3.95. The number of nitrogens with two attached hydrogens (primary N) is 1. The quantitative estimate of drug-likeness (QED) is 0.889. The van der Waals surface area contributed by atoms with Crippen LogP contribution < -0.4 is 10.5 Å². The van der Waals surface area contributed by atoms with E-state index in [1.807, 2.05) is 0 Å². The van der Waals surface area contributed by atoms with Crippen molar-refractivity contribution < 1.29 is 12.8 Å². The van der Waals surface area contributed by atoms with E-state index in [2.05, 4.69) is 4.72 Å². The lowest BCUT2D eigenvalue weighted by Gasteiger charge is -2.12. The van der Waals surface area contributed by atoms with Gasteiger partial charge in [0.2, 0.25) is 0 Å². The highest BCUT2D eigenvalue weighted by Gasteiger charge is 2.19. The Labute approximate surface area is 131 Å². The summed E-state index contributed by atoms with van der Waals surface area (Å²) in [7, 11) is -3.95. The number of benzene rings is 2. The van der Waals surface area contributed by atoms with Crippen LogP contribution in [0.4, 0.5) is 10.1 Å². The van der Waals surface area contributed by atoms with E-state index in [1.165, 1.54) is 18.2 Å². The van der Waals surface area contributed by atoms with Crippen LogP contribution in [0, 0.1) is 5.82 Å². The minimum absolute atomic E-state index is 0.0689. The highest BCUT2D eigenvalue weighted by molar-refractivity contribution is 7.92. The van der Waals surface area contributed by atoms with Crippen molar-refractivity contribution in [2.45, 2.75) is 11.4 Å². The third-order valence-electron chi connectivity index (χ3n) is 2.75. The van der Waals surface area contributed by atoms with Gasteiger partial charge < -0.3 is 5.73 Å².